The minimum atomic E-state index is -0.746. The third-order valence-electron chi connectivity index (χ3n) is 5.82. The van der Waals surface area contributed by atoms with Gasteiger partial charge in [-0.25, -0.2) is 4.98 Å². The number of rotatable bonds is 4. The number of carbonyl (C=O) groups is 1. The van der Waals surface area contributed by atoms with Crippen LogP contribution in [-0.2, 0) is 12.1 Å². The Balaban J connectivity index is 1.82. The van der Waals surface area contributed by atoms with Gasteiger partial charge < -0.3 is 14.6 Å². The second-order valence-electron chi connectivity index (χ2n) is 8.08. The molecule has 1 aliphatic carbocycles. The third kappa shape index (κ3) is 3.18. The summed E-state index contributed by atoms with van der Waals surface area (Å²) in [5.41, 5.74) is 0.771. The molecule has 152 valence electrons. The largest absolute Gasteiger partial charge is 0.503 e. The molecule has 0 atom stereocenters. The highest BCUT2D eigenvalue weighted by Gasteiger charge is 2.38. The molecule has 0 aromatic carbocycles. The minimum Gasteiger partial charge on any atom is -0.503 e. The lowest BCUT2D eigenvalue weighted by molar-refractivity contribution is 0.0815. The van der Waals surface area contributed by atoms with Crippen molar-refractivity contribution in [3.63, 3.8) is 0 Å². The molecule has 8 heteroatoms. The molecule has 3 aromatic rings. The molecule has 4 rings (SSSR count). The van der Waals surface area contributed by atoms with Gasteiger partial charge in [0.1, 0.15) is 5.65 Å². The van der Waals surface area contributed by atoms with Crippen molar-refractivity contribution < 1.29 is 9.90 Å². The average Bonchev–Trinajstić information content (AvgIpc) is 3.30. The number of amides is 1. The first-order valence-electron chi connectivity index (χ1n) is 9.78. The van der Waals surface area contributed by atoms with Crippen molar-refractivity contribution in [2.45, 2.75) is 44.7 Å². The zero-order valence-electron chi connectivity index (χ0n) is 16.9. The maximum absolute atomic E-state index is 12.4. The summed E-state index contributed by atoms with van der Waals surface area (Å²) in [5.74, 6) is -0.992. The van der Waals surface area contributed by atoms with Crippen molar-refractivity contribution in [3.05, 3.63) is 52.2 Å². The van der Waals surface area contributed by atoms with Crippen molar-refractivity contribution in [1.82, 2.24) is 24.2 Å². The monoisotopic (exact) mass is 395 g/mol. The number of aromatic nitrogens is 4. The fraction of sp³-hybridized carbons (Fsp3) is 0.429. The molecule has 1 aliphatic rings. The van der Waals surface area contributed by atoms with Gasteiger partial charge in [-0.1, -0.05) is 12.8 Å². The fourth-order valence-corrected chi connectivity index (χ4v) is 4.35. The van der Waals surface area contributed by atoms with E-state index in [0.29, 0.717) is 6.54 Å². The van der Waals surface area contributed by atoms with Crippen LogP contribution in [0.4, 0.5) is 0 Å². The highest BCUT2D eigenvalue weighted by Crippen LogP contribution is 2.40. The van der Waals surface area contributed by atoms with Gasteiger partial charge in [0.2, 0.25) is 0 Å². The third-order valence-corrected chi connectivity index (χ3v) is 5.82. The molecule has 3 aromatic heterocycles. The molecular formula is C21H25N5O3. The quantitative estimate of drug-likeness (QED) is 0.732. The highest BCUT2D eigenvalue weighted by atomic mass is 16.3. The standard InChI is InChI=1S/C21H25N5O3/c1-14-11-26(19-15(14)7-6-10-22-19)21(8-4-5-9-21)13-25-12-16(27)18(28)17(23-25)20(29)24(2)3/h6-7,10-12,27H,4-5,8-9,13H2,1-3H3. The highest BCUT2D eigenvalue weighted by molar-refractivity contribution is 5.92. The summed E-state index contributed by atoms with van der Waals surface area (Å²) in [6, 6.07) is 4.00. The van der Waals surface area contributed by atoms with Crippen molar-refractivity contribution in [1.29, 1.82) is 0 Å². The van der Waals surface area contributed by atoms with E-state index in [1.807, 2.05) is 6.07 Å². The van der Waals surface area contributed by atoms with Gasteiger partial charge in [-0.2, -0.15) is 5.10 Å². The summed E-state index contributed by atoms with van der Waals surface area (Å²) >= 11 is 0. The van der Waals surface area contributed by atoms with E-state index in [-0.39, 0.29) is 11.2 Å². The van der Waals surface area contributed by atoms with Gasteiger partial charge in [-0.05, 0) is 37.5 Å². The molecule has 0 saturated heterocycles. The van der Waals surface area contributed by atoms with Crippen LogP contribution in [0.3, 0.4) is 0 Å². The van der Waals surface area contributed by atoms with E-state index in [1.165, 1.54) is 15.8 Å². The number of pyridine rings is 1. The van der Waals surface area contributed by atoms with Crippen LogP contribution in [0.1, 0.15) is 41.7 Å². The van der Waals surface area contributed by atoms with Gasteiger partial charge in [-0.15, -0.1) is 0 Å². The number of aromatic hydroxyl groups is 1. The first-order chi connectivity index (χ1) is 13.8. The summed E-state index contributed by atoms with van der Waals surface area (Å²) in [7, 11) is 3.10. The van der Waals surface area contributed by atoms with E-state index >= 15 is 0 Å². The zero-order valence-corrected chi connectivity index (χ0v) is 16.9. The molecule has 0 bridgehead atoms. The first-order valence-corrected chi connectivity index (χ1v) is 9.78. The summed E-state index contributed by atoms with van der Waals surface area (Å²) in [6.07, 6.45) is 9.23. The van der Waals surface area contributed by atoms with Crippen molar-refractivity contribution >= 4 is 16.9 Å². The average molecular weight is 395 g/mol. The molecule has 1 fully saturated rings. The Kier molecular flexibility index (Phi) is 4.64. The molecule has 0 spiro atoms. The lowest BCUT2D eigenvalue weighted by Crippen LogP contribution is -2.37. The number of carbonyl (C=O) groups excluding carboxylic acids is 1. The SMILES string of the molecule is Cc1cn(C2(Cn3cc(O)c(=O)c(C(=O)N(C)C)n3)CCCC2)c2ncccc12. The molecule has 8 nitrogen and oxygen atoms in total. The summed E-state index contributed by atoms with van der Waals surface area (Å²) in [4.78, 5) is 30.5. The lowest BCUT2D eigenvalue weighted by Gasteiger charge is -2.32. The lowest BCUT2D eigenvalue weighted by atomic mass is 9.97. The van der Waals surface area contributed by atoms with Gasteiger partial charge in [0, 0.05) is 31.9 Å². The van der Waals surface area contributed by atoms with Crippen LogP contribution in [0.5, 0.6) is 5.75 Å². The number of nitrogens with zero attached hydrogens (tertiary/aromatic N) is 5. The predicted molar refractivity (Wildman–Crippen MR) is 109 cm³/mol. The predicted octanol–water partition coefficient (Wildman–Crippen LogP) is 2.28. The molecular weight excluding hydrogens is 370 g/mol. The summed E-state index contributed by atoms with van der Waals surface area (Å²) in [5, 5.41) is 15.6. The van der Waals surface area contributed by atoms with Crippen LogP contribution < -0.4 is 5.43 Å². The molecule has 0 radical (unpaired) electrons. The van der Waals surface area contributed by atoms with Gasteiger partial charge >= 0.3 is 0 Å². The Morgan fingerprint density at radius 3 is 2.69 bits per heavy atom. The van der Waals surface area contributed by atoms with Crippen LogP contribution in [0.25, 0.3) is 11.0 Å². The van der Waals surface area contributed by atoms with Crippen LogP contribution in [0.15, 0.2) is 35.5 Å². The van der Waals surface area contributed by atoms with Gasteiger partial charge in [0.15, 0.2) is 11.4 Å². The van der Waals surface area contributed by atoms with Crippen LogP contribution in [-0.4, -0.2) is 49.3 Å². The molecule has 1 saturated carbocycles. The van der Waals surface area contributed by atoms with E-state index in [1.54, 1.807) is 20.3 Å². The second kappa shape index (κ2) is 7.02. The zero-order chi connectivity index (χ0) is 20.8. The Labute approximate surface area is 168 Å². The van der Waals surface area contributed by atoms with Gasteiger partial charge in [-0.3, -0.25) is 14.3 Å². The fourth-order valence-electron chi connectivity index (χ4n) is 4.35. The van der Waals surface area contributed by atoms with Crippen LogP contribution >= 0.6 is 0 Å². The summed E-state index contributed by atoms with van der Waals surface area (Å²) < 4.78 is 3.75. The smallest absolute Gasteiger partial charge is 0.278 e. The van der Waals surface area contributed by atoms with E-state index in [0.717, 1.165) is 42.3 Å². The van der Waals surface area contributed by atoms with Gasteiger partial charge in [0.25, 0.3) is 11.3 Å². The number of hydrogen-bond donors (Lipinski definition) is 1. The Bertz CT molecular complexity index is 1140. The number of aryl methyl sites for hydroxylation is 1. The Morgan fingerprint density at radius 2 is 2.00 bits per heavy atom. The molecule has 3 heterocycles. The molecule has 0 aliphatic heterocycles. The normalized spacial score (nSPS) is 15.7. The minimum absolute atomic E-state index is 0.269. The molecule has 1 N–H and O–H groups in total. The maximum atomic E-state index is 12.4. The van der Waals surface area contributed by atoms with Crippen molar-refractivity contribution in [2.24, 2.45) is 0 Å². The Morgan fingerprint density at radius 1 is 1.28 bits per heavy atom. The van der Waals surface area contributed by atoms with E-state index < -0.39 is 17.1 Å². The first kappa shape index (κ1) is 19.2. The van der Waals surface area contributed by atoms with Crippen molar-refractivity contribution in [2.75, 3.05) is 14.1 Å². The van der Waals surface area contributed by atoms with Crippen LogP contribution in [0.2, 0.25) is 0 Å². The van der Waals surface area contributed by atoms with Crippen LogP contribution in [0, 0.1) is 6.92 Å². The van der Waals surface area contributed by atoms with E-state index in [9.17, 15) is 14.7 Å². The summed E-state index contributed by atoms with van der Waals surface area (Å²) in [6.45, 7) is 2.51. The molecule has 0 unspecified atom stereocenters. The van der Waals surface area contributed by atoms with E-state index in [4.69, 9.17) is 0 Å². The Hall–Kier alpha value is -3.16. The molecule has 1 amide bonds. The van der Waals surface area contributed by atoms with Gasteiger partial charge in [0.05, 0.1) is 18.3 Å². The number of hydrogen-bond acceptors (Lipinski definition) is 5. The molecule has 29 heavy (non-hydrogen) atoms. The second-order valence-corrected chi connectivity index (χ2v) is 8.08. The topological polar surface area (TPSA) is 93.2 Å². The number of fused-ring (bicyclic) bond motifs is 1. The van der Waals surface area contributed by atoms with E-state index in [2.05, 4.69) is 33.8 Å². The van der Waals surface area contributed by atoms with Crippen molar-refractivity contribution in [3.8, 4) is 5.75 Å². The maximum Gasteiger partial charge on any atom is 0.278 e.